The van der Waals surface area contributed by atoms with E-state index < -0.39 is 40.9 Å². The maximum absolute atomic E-state index is 13.2. The lowest BCUT2D eigenvalue weighted by molar-refractivity contribution is 0.399. The van der Waals surface area contributed by atoms with Crippen LogP contribution >= 0.6 is 0 Å². The smallest absolute Gasteiger partial charge is 0.323 e. The van der Waals surface area contributed by atoms with E-state index in [4.69, 9.17) is 19.1 Å². The van der Waals surface area contributed by atoms with E-state index in [1.807, 2.05) is 0 Å². The van der Waals surface area contributed by atoms with Gasteiger partial charge in [0.1, 0.15) is 5.75 Å². The van der Waals surface area contributed by atoms with Crippen LogP contribution in [0.15, 0.2) is 23.5 Å². The molecule has 3 aromatic heterocycles. The molecule has 126 valence electrons. The van der Waals surface area contributed by atoms with Crippen LogP contribution in [0.5, 0.6) is 11.6 Å². The van der Waals surface area contributed by atoms with Crippen molar-refractivity contribution in [3.05, 3.63) is 35.1 Å². The van der Waals surface area contributed by atoms with Gasteiger partial charge in [-0.25, -0.2) is 0 Å². The lowest BCUT2D eigenvalue weighted by Crippen LogP contribution is -2.10. The van der Waals surface area contributed by atoms with Gasteiger partial charge in [0.15, 0.2) is 12.8 Å². The molecule has 3 heterocycles. The Hall–Kier alpha value is -2.32. The zero-order valence-corrected chi connectivity index (χ0v) is 13.9. The van der Waals surface area contributed by atoms with Gasteiger partial charge in [-0.05, 0) is 19.9 Å². The van der Waals surface area contributed by atoms with E-state index in [2.05, 4.69) is 15.0 Å². The summed E-state index contributed by atoms with van der Waals surface area (Å²) in [6, 6.07) is 2.95. The molecule has 1 atom stereocenters. The zero-order chi connectivity index (χ0) is 23.3. The number of aromatic nitrogens is 4. The number of rotatable bonds is 5. The van der Waals surface area contributed by atoms with Gasteiger partial charge in [0, 0.05) is 34.5 Å². The van der Waals surface area contributed by atoms with Gasteiger partial charge in [0.25, 0.3) is 0 Å². The van der Waals surface area contributed by atoms with Gasteiger partial charge in [0.2, 0.25) is 5.88 Å². The van der Waals surface area contributed by atoms with E-state index >= 15 is 0 Å². The zero-order valence-electron chi connectivity index (χ0n) is 20.1. The second-order valence-electron chi connectivity index (χ2n) is 4.83. The highest BCUT2D eigenvalue weighted by atomic mass is 32.2. The number of imidazole rings is 1. The highest BCUT2D eigenvalue weighted by Crippen LogP contribution is 2.26. The minimum atomic E-state index is -2.84. The summed E-state index contributed by atoms with van der Waals surface area (Å²) in [5, 5.41) is -0.438. The van der Waals surface area contributed by atoms with Crippen LogP contribution in [-0.2, 0) is 16.9 Å². The molecule has 1 unspecified atom stereocenters. The lowest BCUT2D eigenvalue weighted by Gasteiger charge is -2.13. The van der Waals surface area contributed by atoms with Gasteiger partial charge < -0.3 is 14.0 Å². The first kappa shape index (κ1) is 9.85. The molecule has 0 aliphatic heterocycles. The molecule has 0 aromatic carbocycles. The highest BCUT2D eigenvalue weighted by molar-refractivity contribution is 7.90. The van der Waals surface area contributed by atoms with Crippen molar-refractivity contribution in [2.75, 3.05) is 14.1 Å². The molecule has 0 fully saturated rings. The van der Waals surface area contributed by atoms with Gasteiger partial charge in [0.05, 0.1) is 33.6 Å². The molecule has 7 nitrogen and oxygen atoms in total. The van der Waals surface area contributed by atoms with Crippen molar-refractivity contribution < 1.29 is 23.7 Å². The van der Waals surface area contributed by atoms with E-state index in [-0.39, 0.29) is 33.9 Å². The molecular formula is C16H18N4O3S. The Kier molecular flexibility index (Phi) is 2.73. The third-order valence-electron chi connectivity index (χ3n) is 3.28. The normalized spacial score (nSPS) is 17.8. The predicted molar refractivity (Wildman–Crippen MR) is 90.8 cm³/mol. The number of methoxy groups -OCH3 is 2. The first-order valence-electron chi connectivity index (χ1n) is 10.2. The SMILES string of the molecule is [2H]c1nc(C([2H])([2H])[S+]([O-])c2nc3nc(OC)ccc3n2[2H])c(C)c(OC([2H])([2H])[2H])c1C. The largest absolute Gasteiger partial charge is 0.609 e. The summed E-state index contributed by atoms with van der Waals surface area (Å²) >= 11 is -2.58. The number of aromatic amines is 1. The van der Waals surface area contributed by atoms with Gasteiger partial charge in [-0.3, -0.25) is 9.96 Å². The van der Waals surface area contributed by atoms with E-state index in [9.17, 15) is 4.55 Å². The first-order valence-corrected chi connectivity index (χ1v) is 7.94. The van der Waals surface area contributed by atoms with Crippen LogP contribution < -0.4 is 9.47 Å². The molecule has 0 aliphatic carbocycles. The molecular weight excluding hydrogens is 328 g/mol. The lowest BCUT2D eigenvalue weighted by atomic mass is 10.1. The topological polar surface area (TPSA) is 96.0 Å². The number of H-pyrrole nitrogens is 1. The number of fused-ring (bicyclic) bond motifs is 1. The summed E-state index contributed by atoms with van der Waals surface area (Å²) in [5.41, 5.74) is -2.88. The summed E-state index contributed by atoms with van der Waals surface area (Å²) in [7, 11) is -1.45. The Morgan fingerprint density at radius 3 is 3.00 bits per heavy atom. The first-order chi connectivity index (χ1) is 14.3. The summed E-state index contributed by atoms with van der Waals surface area (Å²) < 4.78 is 78.1. The average molecular weight is 353 g/mol. The third kappa shape index (κ3) is 3.02. The van der Waals surface area contributed by atoms with Crippen molar-refractivity contribution in [1.82, 2.24) is 19.9 Å². The van der Waals surface area contributed by atoms with Crippen LogP contribution in [0.1, 0.15) is 25.0 Å². The van der Waals surface area contributed by atoms with Gasteiger partial charge >= 0.3 is 5.16 Å². The molecule has 0 aliphatic rings. The molecule has 3 rings (SSSR count). The number of pyridine rings is 2. The van der Waals surface area contributed by atoms with Crippen LogP contribution in [0.2, 0.25) is 1.41 Å². The Morgan fingerprint density at radius 2 is 2.25 bits per heavy atom. The minimum Gasteiger partial charge on any atom is -0.609 e. The van der Waals surface area contributed by atoms with Crippen molar-refractivity contribution in [2.45, 2.75) is 24.7 Å². The molecule has 0 bridgehead atoms. The fourth-order valence-corrected chi connectivity index (χ4v) is 2.87. The van der Waals surface area contributed by atoms with Crippen molar-refractivity contribution in [3.8, 4) is 11.6 Å². The van der Waals surface area contributed by atoms with Gasteiger partial charge in [-0.1, -0.05) is 0 Å². The second-order valence-corrected chi connectivity index (χ2v) is 5.93. The summed E-state index contributed by atoms with van der Waals surface area (Å²) in [4.78, 5) is 12.7. The molecule has 3 aromatic rings. The number of nitrogens with one attached hydrogen (secondary N) is 1. The summed E-state index contributed by atoms with van der Waals surface area (Å²) in [6.07, 6.45) is -0.425. The molecule has 24 heavy (non-hydrogen) atoms. The molecule has 0 saturated heterocycles. The second kappa shape index (κ2) is 6.66. The maximum atomic E-state index is 13.2. The van der Waals surface area contributed by atoms with E-state index in [1.165, 1.54) is 33.1 Å². The standard InChI is InChI=1S/C16H18N4O3S/c1-9-7-17-12(10(2)14(9)23-4)8-24(21)16-18-11-5-6-13(22-3)19-15(11)20-16/h5-7H,8H2,1-4H3,(H,18,19,20)/i4D3,7D,8D2/hD. The number of hydrogen-bond donors (Lipinski definition) is 1. The third-order valence-corrected chi connectivity index (χ3v) is 4.18. The van der Waals surface area contributed by atoms with Crippen LogP contribution in [0.25, 0.3) is 11.2 Å². The van der Waals surface area contributed by atoms with Gasteiger partial charge in [-0.15, -0.1) is 0 Å². The quantitative estimate of drug-likeness (QED) is 0.707. The molecule has 8 heteroatoms. The van der Waals surface area contributed by atoms with E-state index in [0.29, 0.717) is 4.98 Å². The monoisotopic (exact) mass is 353 g/mol. The Morgan fingerprint density at radius 1 is 1.42 bits per heavy atom. The molecule has 0 spiro atoms. The minimum absolute atomic E-state index is 0.0181. The van der Waals surface area contributed by atoms with Crippen LogP contribution in [-0.4, -0.2) is 38.6 Å². The summed E-state index contributed by atoms with van der Waals surface area (Å²) in [5.74, 6) is -0.0195. The van der Waals surface area contributed by atoms with Crippen molar-refractivity contribution >= 4 is 22.3 Å². The highest BCUT2D eigenvalue weighted by Gasteiger charge is 2.21. The maximum Gasteiger partial charge on any atom is 0.323 e. The number of nitrogens with zero attached hydrogens (tertiary/aromatic N) is 3. The fourth-order valence-electron chi connectivity index (χ4n) is 2.06. The van der Waals surface area contributed by atoms with Crippen LogP contribution in [0, 0.1) is 13.8 Å². The Balaban J connectivity index is 2.13. The summed E-state index contributed by atoms with van der Waals surface area (Å²) in [6.45, 7) is 2.78. The van der Waals surface area contributed by atoms with Crippen LogP contribution in [0.4, 0.5) is 0 Å². The molecule has 0 amide bonds. The van der Waals surface area contributed by atoms with Crippen LogP contribution in [0.3, 0.4) is 0 Å². The fraction of sp³-hybridized carbons (Fsp3) is 0.312. The Labute approximate surface area is 152 Å². The molecule has 1 N–H and O–H groups in total. The Bertz CT molecular complexity index is 1150. The number of ether oxygens (including phenoxy) is 2. The average Bonchev–Trinajstić information content (AvgIpc) is 3.02. The molecule has 0 saturated carbocycles. The van der Waals surface area contributed by atoms with Crippen molar-refractivity contribution in [3.63, 3.8) is 0 Å². The van der Waals surface area contributed by atoms with E-state index in [0.717, 1.165) is 0 Å². The van der Waals surface area contributed by atoms with Crippen molar-refractivity contribution in [2.24, 2.45) is 0 Å². The predicted octanol–water partition coefficient (Wildman–Crippen LogP) is 2.29. The molecule has 0 radical (unpaired) electrons. The van der Waals surface area contributed by atoms with E-state index in [1.54, 1.807) is 0 Å². The van der Waals surface area contributed by atoms with Gasteiger partial charge in [-0.2, -0.15) is 9.97 Å². The number of hydrogen-bond acceptors (Lipinski definition) is 6. The van der Waals surface area contributed by atoms with Crippen molar-refractivity contribution in [1.29, 1.82) is 0 Å².